The van der Waals surface area contributed by atoms with Crippen molar-refractivity contribution in [3.05, 3.63) is 53.7 Å². The lowest BCUT2D eigenvalue weighted by molar-refractivity contribution is 0.216. The third-order valence-electron chi connectivity index (χ3n) is 5.78. The van der Waals surface area contributed by atoms with Gasteiger partial charge in [-0.2, -0.15) is 0 Å². The zero-order chi connectivity index (χ0) is 24.3. The number of anilines is 1. The van der Waals surface area contributed by atoms with Gasteiger partial charge < -0.3 is 15.2 Å². The fraction of sp³-hybridized carbons (Fsp3) is 0.400. The number of benzene rings is 2. The van der Waals surface area contributed by atoms with Crippen LogP contribution >= 0.6 is 11.3 Å². The number of nitrogens with one attached hydrogen (secondary N) is 1. The average Bonchev–Trinajstić information content (AvgIpc) is 3.28. The molecule has 1 atom stereocenters. The summed E-state index contributed by atoms with van der Waals surface area (Å²) >= 11 is 1.60. The molecule has 0 fully saturated rings. The molecule has 0 unspecified atom stereocenters. The summed E-state index contributed by atoms with van der Waals surface area (Å²) in [6, 6.07) is 11.6. The van der Waals surface area contributed by atoms with E-state index in [4.69, 9.17) is 15.2 Å². The van der Waals surface area contributed by atoms with Gasteiger partial charge in [-0.05, 0) is 68.0 Å². The number of hydrogen-bond acceptors (Lipinski definition) is 7. The molecule has 1 aliphatic rings. The second kappa shape index (κ2) is 10.4. The highest BCUT2D eigenvalue weighted by Crippen LogP contribution is 2.40. The molecule has 1 aliphatic carbocycles. The van der Waals surface area contributed by atoms with E-state index in [1.165, 1.54) is 12.7 Å². The number of hydrogen-bond donors (Lipinski definition) is 2. The number of aromatic nitrogens is 1. The Kier molecular flexibility index (Phi) is 7.57. The number of sulfonamides is 1. The van der Waals surface area contributed by atoms with Gasteiger partial charge >= 0.3 is 0 Å². The molecule has 7 nitrogen and oxygen atoms in total. The molecule has 0 saturated carbocycles. The standard InChI is InChI=1S/C25H31N3O4S2/c1-16(2)32-23-11-10-17(14-21(23)26)25-27-15-24(33-25)20-8-4-7-19-18(20)6-5-9-22(19)28-34(29,30)13-12-31-3/h4,7-8,10-11,14-16,22,28H,5-6,9,12-13,26H2,1-3H3/t22-/m1/s1. The minimum Gasteiger partial charge on any atom is -0.489 e. The molecule has 2 aromatic carbocycles. The molecule has 0 radical (unpaired) electrons. The summed E-state index contributed by atoms with van der Waals surface area (Å²) in [7, 11) is -1.91. The Labute approximate surface area is 205 Å². The zero-order valence-electron chi connectivity index (χ0n) is 19.7. The summed E-state index contributed by atoms with van der Waals surface area (Å²) in [4.78, 5) is 5.70. The Morgan fingerprint density at radius 3 is 2.82 bits per heavy atom. The van der Waals surface area contributed by atoms with Crippen molar-refractivity contribution in [2.24, 2.45) is 0 Å². The first-order valence-corrected chi connectivity index (χ1v) is 13.9. The van der Waals surface area contributed by atoms with Gasteiger partial charge in [0, 0.05) is 24.9 Å². The molecule has 9 heteroatoms. The Morgan fingerprint density at radius 2 is 2.09 bits per heavy atom. The Hall–Kier alpha value is -2.46. The fourth-order valence-electron chi connectivity index (χ4n) is 4.25. The summed E-state index contributed by atoms with van der Waals surface area (Å²) in [6.07, 6.45) is 4.54. The van der Waals surface area contributed by atoms with Gasteiger partial charge in [0.1, 0.15) is 10.8 Å². The molecule has 4 rings (SSSR count). The van der Waals surface area contributed by atoms with Crippen LogP contribution in [0.4, 0.5) is 5.69 Å². The van der Waals surface area contributed by atoms with Crippen LogP contribution in [0.25, 0.3) is 21.0 Å². The predicted octanol–water partition coefficient (Wildman–Crippen LogP) is 4.79. The van der Waals surface area contributed by atoms with Crippen molar-refractivity contribution in [3.63, 3.8) is 0 Å². The van der Waals surface area contributed by atoms with Crippen LogP contribution in [0.3, 0.4) is 0 Å². The van der Waals surface area contributed by atoms with E-state index in [1.807, 2.05) is 50.4 Å². The van der Waals surface area contributed by atoms with Gasteiger partial charge in [0.2, 0.25) is 10.0 Å². The summed E-state index contributed by atoms with van der Waals surface area (Å²) in [5.74, 6) is 0.629. The quantitative estimate of drug-likeness (QED) is 0.409. The predicted molar refractivity (Wildman–Crippen MR) is 138 cm³/mol. The van der Waals surface area contributed by atoms with Gasteiger partial charge in [0.15, 0.2) is 0 Å². The van der Waals surface area contributed by atoms with Crippen molar-refractivity contribution in [2.75, 3.05) is 25.2 Å². The summed E-state index contributed by atoms with van der Waals surface area (Å²) in [6.45, 7) is 4.11. The third-order valence-corrected chi connectivity index (χ3v) is 8.20. The first-order valence-electron chi connectivity index (χ1n) is 11.4. The molecule has 0 spiro atoms. The number of fused-ring (bicyclic) bond motifs is 1. The first-order chi connectivity index (χ1) is 16.3. The zero-order valence-corrected chi connectivity index (χ0v) is 21.3. The van der Waals surface area contributed by atoms with Crippen molar-refractivity contribution >= 4 is 27.0 Å². The smallest absolute Gasteiger partial charge is 0.214 e. The van der Waals surface area contributed by atoms with Crippen molar-refractivity contribution in [3.8, 4) is 26.8 Å². The van der Waals surface area contributed by atoms with Crippen LogP contribution in [0.1, 0.15) is 43.9 Å². The van der Waals surface area contributed by atoms with Crippen molar-refractivity contribution in [1.82, 2.24) is 9.71 Å². The lowest BCUT2D eigenvalue weighted by Crippen LogP contribution is -2.34. The van der Waals surface area contributed by atoms with E-state index in [2.05, 4.69) is 15.8 Å². The highest BCUT2D eigenvalue weighted by atomic mass is 32.2. The normalized spacial score (nSPS) is 15.9. The largest absolute Gasteiger partial charge is 0.489 e. The molecule has 3 aromatic rings. The highest BCUT2D eigenvalue weighted by Gasteiger charge is 2.26. The maximum atomic E-state index is 12.5. The Morgan fingerprint density at radius 1 is 1.26 bits per heavy atom. The fourth-order valence-corrected chi connectivity index (χ4v) is 6.39. The lowest BCUT2D eigenvalue weighted by atomic mass is 9.85. The molecule has 0 amide bonds. The molecule has 1 heterocycles. The Balaban J connectivity index is 1.61. The van der Waals surface area contributed by atoms with E-state index in [1.54, 1.807) is 11.3 Å². The van der Waals surface area contributed by atoms with Gasteiger partial charge in [0.05, 0.1) is 29.0 Å². The van der Waals surface area contributed by atoms with Gasteiger partial charge in [-0.1, -0.05) is 18.2 Å². The van der Waals surface area contributed by atoms with E-state index in [9.17, 15) is 8.42 Å². The van der Waals surface area contributed by atoms with Gasteiger partial charge in [-0.15, -0.1) is 11.3 Å². The Bertz CT molecular complexity index is 1250. The van der Waals surface area contributed by atoms with Crippen LogP contribution in [0.2, 0.25) is 0 Å². The third kappa shape index (κ3) is 5.60. The van der Waals surface area contributed by atoms with Crippen LogP contribution < -0.4 is 15.2 Å². The van der Waals surface area contributed by atoms with Crippen LogP contribution in [0.5, 0.6) is 5.75 Å². The second-order valence-corrected chi connectivity index (χ2v) is 11.6. The van der Waals surface area contributed by atoms with Crippen LogP contribution in [-0.4, -0.2) is 39.0 Å². The molecule has 0 bridgehead atoms. The number of thiazole rings is 1. The van der Waals surface area contributed by atoms with Gasteiger partial charge in [0.25, 0.3) is 0 Å². The molecule has 182 valence electrons. The highest BCUT2D eigenvalue weighted by molar-refractivity contribution is 7.89. The van der Waals surface area contributed by atoms with Crippen molar-refractivity contribution in [2.45, 2.75) is 45.3 Å². The van der Waals surface area contributed by atoms with Gasteiger partial charge in [-0.3, -0.25) is 0 Å². The number of ether oxygens (including phenoxy) is 2. The minimum atomic E-state index is -3.42. The molecule has 3 N–H and O–H groups in total. The van der Waals surface area contributed by atoms with E-state index in [0.29, 0.717) is 11.4 Å². The average molecular weight is 502 g/mol. The summed E-state index contributed by atoms with van der Waals surface area (Å²) in [5.41, 5.74) is 11.1. The first kappa shape index (κ1) is 24.7. The number of rotatable bonds is 9. The van der Waals surface area contributed by atoms with Gasteiger partial charge in [-0.25, -0.2) is 18.1 Å². The van der Waals surface area contributed by atoms with Crippen LogP contribution in [0, 0.1) is 0 Å². The SMILES string of the molecule is COCCS(=O)(=O)N[C@@H]1CCCc2c(-c3cnc(-c4ccc(OC(C)C)c(N)c4)s3)cccc21. The van der Waals surface area contributed by atoms with E-state index in [-0.39, 0.29) is 24.5 Å². The topological polar surface area (TPSA) is 104 Å². The summed E-state index contributed by atoms with van der Waals surface area (Å²) in [5, 5.41) is 0.878. The number of nitrogen functional groups attached to an aromatic ring is 1. The van der Waals surface area contributed by atoms with E-state index in [0.717, 1.165) is 45.8 Å². The lowest BCUT2D eigenvalue weighted by Gasteiger charge is -2.27. The molecular weight excluding hydrogens is 470 g/mol. The molecule has 0 saturated heterocycles. The van der Waals surface area contributed by atoms with Crippen molar-refractivity contribution in [1.29, 1.82) is 0 Å². The minimum absolute atomic E-state index is 0.0443. The molecular formula is C25H31N3O4S2. The maximum absolute atomic E-state index is 12.5. The second-order valence-electron chi connectivity index (χ2n) is 8.70. The van der Waals surface area contributed by atoms with E-state index >= 15 is 0 Å². The molecule has 1 aromatic heterocycles. The summed E-state index contributed by atoms with van der Waals surface area (Å²) < 4.78 is 38.5. The molecule has 34 heavy (non-hydrogen) atoms. The maximum Gasteiger partial charge on any atom is 0.214 e. The monoisotopic (exact) mass is 501 g/mol. The van der Waals surface area contributed by atoms with Crippen molar-refractivity contribution < 1.29 is 17.9 Å². The van der Waals surface area contributed by atoms with E-state index < -0.39 is 10.0 Å². The number of nitrogens with zero attached hydrogens (tertiary/aromatic N) is 1. The number of nitrogens with two attached hydrogens (primary N) is 1. The molecule has 0 aliphatic heterocycles. The van der Waals surface area contributed by atoms with Crippen LogP contribution in [-0.2, 0) is 21.2 Å². The van der Waals surface area contributed by atoms with Crippen LogP contribution in [0.15, 0.2) is 42.6 Å². The number of methoxy groups -OCH3 is 1.